The van der Waals surface area contributed by atoms with E-state index in [0.717, 1.165) is 0 Å². The van der Waals surface area contributed by atoms with Crippen molar-refractivity contribution >= 4 is 34.0 Å². The molecule has 0 unspecified atom stereocenters. The minimum Gasteiger partial charge on any atom is -0.490 e. The fourth-order valence-electron chi connectivity index (χ4n) is 2.17. The SMILES string of the molecule is CCOc1cc(/C=N/NC(=O)Cc2ccc(F)cc2)c(Br)cc1OCC(=O)O. The summed E-state index contributed by atoms with van der Waals surface area (Å²) in [6, 6.07) is 8.80. The summed E-state index contributed by atoms with van der Waals surface area (Å²) in [5, 5.41) is 12.7. The molecule has 0 saturated heterocycles. The van der Waals surface area contributed by atoms with Crippen LogP contribution in [0.25, 0.3) is 0 Å². The Hall–Kier alpha value is -2.94. The van der Waals surface area contributed by atoms with E-state index in [0.29, 0.717) is 28.0 Å². The summed E-state index contributed by atoms with van der Waals surface area (Å²) in [4.78, 5) is 22.6. The summed E-state index contributed by atoms with van der Waals surface area (Å²) < 4.78 is 24.1. The number of hydrogen-bond acceptors (Lipinski definition) is 5. The van der Waals surface area contributed by atoms with Gasteiger partial charge in [-0.2, -0.15) is 5.10 Å². The topological polar surface area (TPSA) is 97.2 Å². The summed E-state index contributed by atoms with van der Waals surface area (Å²) in [7, 11) is 0. The Kier molecular flexibility index (Phi) is 7.94. The monoisotopic (exact) mass is 452 g/mol. The van der Waals surface area contributed by atoms with E-state index in [9.17, 15) is 14.0 Å². The molecule has 0 atom stereocenters. The highest BCUT2D eigenvalue weighted by Crippen LogP contribution is 2.33. The molecular weight excluding hydrogens is 435 g/mol. The summed E-state index contributed by atoms with van der Waals surface area (Å²) in [5.41, 5.74) is 3.65. The van der Waals surface area contributed by atoms with Gasteiger partial charge in [-0.05, 0) is 52.7 Å². The minimum absolute atomic E-state index is 0.0605. The number of ether oxygens (including phenoxy) is 2. The van der Waals surface area contributed by atoms with Crippen molar-refractivity contribution in [3.8, 4) is 11.5 Å². The van der Waals surface area contributed by atoms with E-state index < -0.39 is 12.6 Å². The first kappa shape index (κ1) is 21.4. The lowest BCUT2D eigenvalue weighted by Crippen LogP contribution is -2.19. The lowest BCUT2D eigenvalue weighted by molar-refractivity contribution is -0.139. The Labute approximate surface area is 169 Å². The van der Waals surface area contributed by atoms with E-state index in [4.69, 9.17) is 14.6 Å². The molecule has 1 amide bonds. The van der Waals surface area contributed by atoms with E-state index >= 15 is 0 Å². The molecule has 0 aromatic heterocycles. The van der Waals surface area contributed by atoms with Crippen LogP contribution < -0.4 is 14.9 Å². The van der Waals surface area contributed by atoms with Crippen LogP contribution in [0, 0.1) is 5.82 Å². The number of nitrogens with zero attached hydrogens (tertiary/aromatic N) is 1. The van der Waals surface area contributed by atoms with Gasteiger partial charge in [0.2, 0.25) is 5.91 Å². The zero-order valence-corrected chi connectivity index (χ0v) is 16.5. The average Bonchev–Trinajstić information content (AvgIpc) is 2.64. The number of amides is 1. The van der Waals surface area contributed by atoms with Gasteiger partial charge >= 0.3 is 5.97 Å². The van der Waals surface area contributed by atoms with Gasteiger partial charge < -0.3 is 14.6 Å². The highest BCUT2D eigenvalue weighted by Gasteiger charge is 2.11. The summed E-state index contributed by atoms with van der Waals surface area (Å²) in [5.74, 6) is -1.20. The van der Waals surface area contributed by atoms with Crippen LogP contribution in [0.5, 0.6) is 11.5 Å². The van der Waals surface area contributed by atoms with Crippen molar-refractivity contribution in [2.45, 2.75) is 13.3 Å². The summed E-state index contributed by atoms with van der Waals surface area (Å²) in [6.45, 7) is 1.64. The first-order chi connectivity index (χ1) is 13.4. The van der Waals surface area contributed by atoms with Crippen molar-refractivity contribution in [2.24, 2.45) is 5.10 Å². The molecule has 2 aromatic rings. The molecule has 0 fully saturated rings. The van der Waals surface area contributed by atoms with Crippen LogP contribution >= 0.6 is 15.9 Å². The van der Waals surface area contributed by atoms with Crippen molar-refractivity contribution in [1.82, 2.24) is 5.43 Å². The Morgan fingerprint density at radius 2 is 1.89 bits per heavy atom. The van der Waals surface area contributed by atoms with Crippen LogP contribution in [0.15, 0.2) is 46.0 Å². The van der Waals surface area contributed by atoms with Gasteiger partial charge in [-0.1, -0.05) is 12.1 Å². The predicted molar refractivity (Wildman–Crippen MR) is 104 cm³/mol. The molecule has 0 spiro atoms. The highest BCUT2D eigenvalue weighted by molar-refractivity contribution is 9.10. The van der Waals surface area contributed by atoms with Crippen LogP contribution in [0.3, 0.4) is 0 Å². The Morgan fingerprint density at radius 1 is 1.21 bits per heavy atom. The van der Waals surface area contributed by atoms with Gasteiger partial charge in [0.15, 0.2) is 18.1 Å². The molecule has 0 heterocycles. The third-order valence-electron chi connectivity index (χ3n) is 3.38. The normalized spacial score (nSPS) is 10.7. The van der Waals surface area contributed by atoms with Gasteiger partial charge in [-0.15, -0.1) is 0 Å². The molecule has 148 valence electrons. The summed E-state index contributed by atoms with van der Waals surface area (Å²) >= 11 is 3.34. The molecule has 2 N–H and O–H groups in total. The van der Waals surface area contributed by atoms with Crippen LogP contribution in [0.2, 0.25) is 0 Å². The fraction of sp³-hybridized carbons (Fsp3) is 0.211. The van der Waals surface area contributed by atoms with E-state index in [-0.39, 0.29) is 23.9 Å². The maximum Gasteiger partial charge on any atom is 0.341 e. The van der Waals surface area contributed by atoms with Crippen molar-refractivity contribution in [3.05, 3.63) is 57.8 Å². The van der Waals surface area contributed by atoms with Gasteiger partial charge in [0.1, 0.15) is 5.82 Å². The zero-order chi connectivity index (χ0) is 20.5. The van der Waals surface area contributed by atoms with Gasteiger partial charge in [0.25, 0.3) is 0 Å². The van der Waals surface area contributed by atoms with Crippen LogP contribution in [0.1, 0.15) is 18.1 Å². The average molecular weight is 453 g/mol. The van der Waals surface area contributed by atoms with E-state index in [1.54, 1.807) is 19.1 Å². The standard InChI is InChI=1S/C19H18BrFN2O5/c1-2-27-16-8-13(15(20)9-17(16)28-11-19(25)26)10-22-23-18(24)7-12-3-5-14(21)6-4-12/h3-6,8-10H,2,7,11H2,1H3,(H,23,24)(H,25,26)/b22-10+. The van der Waals surface area contributed by atoms with Crippen molar-refractivity contribution in [3.63, 3.8) is 0 Å². The molecule has 7 nitrogen and oxygen atoms in total. The second kappa shape index (κ2) is 10.4. The van der Waals surface area contributed by atoms with Crippen molar-refractivity contribution < 1.29 is 28.6 Å². The van der Waals surface area contributed by atoms with Gasteiger partial charge in [0, 0.05) is 10.0 Å². The quantitative estimate of drug-likeness (QED) is 0.449. The smallest absolute Gasteiger partial charge is 0.341 e. The highest BCUT2D eigenvalue weighted by atomic mass is 79.9. The molecule has 2 aromatic carbocycles. The molecule has 0 aliphatic heterocycles. The lowest BCUT2D eigenvalue weighted by atomic mass is 10.1. The number of nitrogens with one attached hydrogen (secondary N) is 1. The number of rotatable bonds is 9. The fourth-order valence-corrected chi connectivity index (χ4v) is 2.60. The van der Waals surface area contributed by atoms with Crippen LogP contribution in [-0.2, 0) is 16.0 Å². The Balaban J connectivity index is 2.04. The zero-order valence-electron chi connectivity index (χ0n) is 14.9. The molecule has 0 saturated carbocycles. The second-order valence-electron chi connectivity index (χ2n) is 5.53. The first-order valence-corrected chi connectivity index (χ1v) is 9.05. The Bertz CT molecular complexity index is 871. The third-order valence-corrected chi connectivity index (χ3v) is 4.07. The molecule has 0 bridgehead atoms. The minimum atomic E-state index is -1.10. The number of carbonyl (C=O) groups is 2. The molecular formula is C19H18BrFN2O5. The molecule has 0 aliphatic rings. The van der Waals surface area contributed by atoms with Crippen molar-refractivity contribution in [1.29, 1.82) is 0 Å². The van der Waals surface area contributed by atoms with Gasteiger partial charge in [-0.25, -0.2) is 14.6 Å². The third kappa shape index (κ3) is 6.66. The first-order valence-electron chi connectivity index (χ1n) is 8.26. The number of benzene rings is 2. The number of hydrazone groups is 1. The number of carboxylic acids is 1. The molecule has 9 heteroatoms. The van der Waals surface area contributed by atoms with Crippen LogP contribution in [0.4, 0.5) is 4.39 Å². The molecule has 2 rings (SSSR count). The van der Waals surface area contributed by atoms with E-state index in [2.05, 4.69) is 26.5 Å². The molecule has 0 radical (unpaired) electrons. The van der Waals surface area contributed by atoms with Gasteiger partial charge in [0.05, 0.1) is 19.2 Å². The molecule has 0 aliphatic carbocycles. The summed E-state index contributed by atoms with van der Waals surface area (Å²) in [6.07, 6.45) is 1.47. The van der Waals surface area contributed by atoms with Crippen molar-refractivity contribution in [2.75, 3.05) is 13.2 Å². The van der Waals surface area contributed by atoms with E-state index in [1.165, 1.54) is 30.5 Å². The maximum absolute atomic E-state index is 12.9. The largest absolute Gasteiger partial charge is 0.490 e. The lowest BCUT2D eigenvalue weighted by Gasteiger charge is -2.12. The Morgan fingerprint density at radius 3 is 2.54 bits per heavy atom. The number of carbonyl (C=O) groups excluding carboxylic acids is 1. The number of aliphatic carboxylic acids is 1. The van der Waals surface area contributed by atoms with E-state index in [1.807, 2.05) is 0 Å². The predicted octanol–water partition coefficient (Wildman–Crippen LogP) is 3.14. The maximum atomic E-state index is 12.9. The van der Waals surface area contributed by atoms with Gasteiger partial charge in [-0.3, -0.25) is 4.79 Å². The number of carboxylic acid groups (broad SMARTS) is 1. The second-order valence-corrected chi connectivity index (χ2v) is 6.39. The number of halogens is 2. The molecule has 28 heavy (non-hydrogen) atoms. The van der Waals surface area contributed by atoms with Crippen LogP contribution in [-0.4, -0.2) is 36.4 Å². The number of hydrogen-bond donors (Lipinski definition) is 2.